The van der Waals surface area contributed by atoms with Crippen LogP contribution in [0.15, 0.2) is 35.1 Å². The SMILES string of the molecule is CCN[C@H]1CO[C@@H](O[C@H]2[C@H](O[C@H]3C#C/C=C\C#CC4(O)C[C@@H](O)C(NC(=O)OC)=C3/C4=C\CSC(C)=O)O[C@H](C)[C@@H](NO[C@H]3C[C@H](O)C(SC(=O)c4c(C)c(I)c(O[C@@H]5O[C@@H](C)C(O)[C@@H](OC)[C@H]5O)c(OC)c4OC)[C@@H](C)O3)[C@@H]2O)C[C@@H]1OC. The third kappa shape index (κ3) is 15.4. The molecular weight excluding hydrogens is 1260 g/mol. The zero-order valence-corrected chi connectivity index (χ0v) is 52.1. The molecule has 4 aliphatic heterocycles. The van der Waals surface area contributed by atoms with Gasteiger partial charge in [0.1, 0.15) is 36.6 Å². The summed E-state index contributed by atoms with van der Waals surface area (Å²) in [6.45, 7) is 10.7. The Kier molecular flexibility index (Phi) is 24.6. The summed E-state index contributed by atoms with van der Waals surface area (Å²) in [6, 6.07) is -1.29. The van der Waals surface area contributed by atoms with Crippen molar-refractivity contribution >= 4 is 62.4 Å². The quantitative estimate of drug-likeness (QED) is 0.0509. The zero-order chi connectivity index (χ0) is 61.3. The Hall–Kier alpha value is -3.68. The molecule has 25 nitrogen and oxygen atoms in total. The van der Waals surface area contributed by atoms with Gasteiger partial charge in [-0.3, -0.25) is 19.7 Å². The average molecular weight is 1330 g/mol. The number of thioether (sulfide) groups is 2. The lowest BCUT2D eigenvalue weighted by Gasteiger charge is -2.47. The van der Waals surface area contributed by atoms with Crippen LogP contribution < -0.4 is 30.3 Å². The standard InChI is InChI=1S/C56H76IN3O22S2/c1-12-58-31-24-75-36(22-35(31)70-7)80-49-44(65)41(26(3)77-54(49)79-34-17-15-13-14-16-19-56(69)23-33(63)42(59-55(68)74-11)39(34)30(56)18-20-83-29(6)61)60-82-37-21-32(62)51(28(5)76-37)84-52(67)38-25(2)40(57)47(50(73-10)46(38)71-8)81-53-45(66)48(72-9)43(64)27(4)78-53/h13-14,18,26-28,31-37,41,43-45,48-49,51,53-54,58,60,62-66,69H,12,20-24H2,1-11H3,(H,59,68)/b14-13-,30-18+/t26-,27+,28-,31+,32+,33-,34+,35+,36+,37+,41-,43?,44+,45-,48-,49-,51?,53+,54+,56?/m1/s1. The smallest absolute Gasteiger partial charge is 0.411 e. The van der Waals surface area contributed by atoms with Gasteiger partial charge in [-0.15, -0.1) is 0 Å². The molecule has 0 saturated carbocycles. The van der Waals surface area contributed by atoms with Crippen LogP contribution in [0.1, 0.15) is 69.8 Å². The third-order valence-corrected chi connectivity index (χ3v) is 18.5. The number of fused-ring (bicyclic) bond motifs is 2. The molecule has 1 aromatic carbocycles. The second-order valence-electron chi connectivity index (χ2n) is 20.5. The Morgan fingerprint density at radius 2 is 1.57 bits per heavy atom. The number of methoxy groups -OCH3 is 5. The van der Waals surface area contributed by atoms with Crippen molar-refractivity contribution in [3.05, 3.63) is 49.8 Å². The van der Waals surface area contributed by atoms with Crippen molar-refractivity contribution in [1.82, 2.24) is 16.1 Å². The van der Waals surface area contributed by atoms with Gasteiger partial charge in [-0.1, -0.05) is 60.2 Å². The molecule has 0 aromatic heterocycles. The summed E-state index contributed by atoms with van der Waals surface area (Å²) in [5.74, 6) is 11.6. The van der Waals surface area contributed by atoms with E-state index in [9.17, 15) is 45.0 Å². The van der Waals surface area contributed by atoms with Gasteiger partial charge in [0.25, 0.3) is 0 Å². The summed E-state index contributed by atoms with van der Waals surface area (Å²) in [5, 5.41) is 74.1. The van der Waals surface area contributed by atoms with Crippen LogP contribution in [0, 0.1) is 34.2 Å². The van der Waals surface area contributed by atoms with Gasteiger partial charge < -0.3 is 92.8 Å². The zero-order valence-electron chi connectivity index (χ0n) is 48.4. The van der Waals surface area contributed by atoms with Crippen LogP contribution in [0.3, 0.4) is 0 Å². The fraction of sp³-hybridized carbons (Fsp3) is 0.661. The number of rotatable bonds is 20. The summed E-state index contributed by atoms with van der Waals surface area (Å²) >= 11 is 3.75. The lowest BCUT2D eigenvalue weighted by atomic mass is 9.74. The molecule has 466 valence electrons. The van der Waals surface area contributed by atoms with Crippen LogP contribution in [0.5, 0.6) is 17.2 Å². The molecule has 9 N–H and O–H groups in total. The van der Waals surface area contributed by atoms with Gasteiger partial charge in [0.15, 0.2) is 41.1 Å². The molecule has 4 fully saturated rings. The van der Waals surface area contributed by atoms with Crippen LogP contribution >= 0.6 is 46.1 Å². The van der Waals surface area contributed by atoms with E-state index in [-0.39, 0.29) is 82.1 Å². The normalized spacial score (nSPS) is 36.7. The number of allylic oxidation sites excluding steroid dienone is 2. The van der Waals surface area contributed by atoms with Gasteiger partial charge in [-0.2, -0.15) is 5.48 Å². The first-order valence-corrected chi connectivity index (χ1v) is 30.1. The van der Waals surface area contributed by atoms with Crippen LogP contribution in [0.25, 0.3) is 0 Å². The number of alkyl carbamates (subject to hydrolysis) is 1. The fourth-order valence-corrected chi connectivity index (χ4v) is 13.0. The summed E-state index contributed by atoms with van der Waals surface area (Å²) in [5.41, 5.74) is 1.30. The largest absolute Gasteiger partial charge is 0.492 e. The summed E-state index contributed by atoms with van der Waals surface area (Å²) in [7, 11) is 6.76. The number of amides is 1. The van der Waals surface area contributed by atoms with E-state index in [2.05, 4.69) is 39.8 Å². The number of hydrogen-bond donors (Lipinski definition) is 9. The number of likely N-dealkylation sites (N-methyl/N-ethyl adjacent to an activating group) is 1. The highest BCUT2D eigenvalue weighted by Gasteiger charge is 2.52. The minimum Gasteiger partial charge on any atom is -0.492 e. The lowest BCUT2D eigenvalue weighted by Crippen LogP contribution is -2.65. The molecule has 0 radical (unpaired) electrons. The minimum absolute atomic E-state index is 0.0184. The molecule has 1 amide bonds. The number of hydrogen-bond acceptors (Lipinski definition) is 26. The highest BCUT2D eigenvalue weighted by atomic mass is 127. The topological polar surface area (TPSA) is 329 Å². The highest BCUT2D eigenvalue weighted by molar-refractivity contribution is 14.1. The number of benzene rings is 1. The van der Waals surface area contributed by atoms with Crippen molar-refractivity contribution in [1.29, 1.82) is 0 Å². The number of halogens is 1. The summed E-state index contributed by atoms with van der Waals surface area (Å²) < 4.78 is 72.4. The van der Waals surface area contributed by atoms with E-state index >= 15 is 0 Å². The van der Waals surface area contributed by atoms with Gasteiger partial charge in [0, 0.05) is 57.3 Å². The number of carbonyl (C=O) groups is 3. The molecular formula is C56H76IN3O22S2. The van der Waals surface area contributed by atoms with E-state index in [1.165, 1.54) is 40.4 Å². The molecule has 28 heteroatoms. The average Bonchev–Trinajstić information content (AvgIpc) is 3.34. The minimum atomic E-state index is -2.06. The molecule has 84 heavy (non-hydrogen) atoms. The molecule has 2 bridgehead atoms. The molecule has 1 aromatic rings. The monoisotopic (exact) mass is 1330 g/mol. The summed E-state index contributed by atoms with van der Waals surface area (Å²) in [6.07, 6.45) is -15.6. The Labute approximate surface area is 509 Å². The number of ether oxygens (including phenoxy) is 12. The molecule has 6 aliphatic rings. The van der Waals surface area contributed by atoms with E-state index in [4.69, 9.17) is 61.7 Å². The van der Waals surface area contributed by atoms with Gasteiger partial charge in [-0.05, 0) is 74.5 Å². The Balaban J connectivity index is 1.12. The van der Waals surface area contributed by atoms with Crippen molar-refractivity contribution in [2.75, 3.05) is 54.5 Å². The Bertz CT molecular complexity index is 2720. The predicted octanol–water partition coefficient (Wildman–Crippen LogP) is 1.61. The van der Waals surface area contributed by atoms with Crippen LogP contribution in [0.2, 0.25) is 0 Å². The van der Waals surface area contributed by atoms with E-state index in [1.807, 2.05) is 29.5 Å². The summed E-state index contributed by atoms with van der Waals surface area (Å²) in [4.78, 5) is 45.6. The number of nitrogens with one attached hydrogen (secondary N) is 3. The van der Waals surface area contributed by atoms with E-state index in [1.54, 1.807) is 40.9 Å². The first-order chi connectivity index (χ1) is 40.0. The number of aliphatic hydroxyl groups is 6. The molecule has 4 heterocycles. The maximum Gasteiger partial charge on any atom is 0.411 e. The van der Waals surface area contributed by atoms with E-state index < -0.39 is 127 Å². The second kappa shape index (κ2) is 30.5. The highest BCUT2D eigenvalue weighted by Crippen LogP contribution is 2.49. The van der Waals surface area contributed by atoms with Crippen molar-refractivity contribution in [3.8, 4) is 40.9 Å². The van der Waals surface area contributed by atoms with Crippen molar-refractivity contribution in [3.63, 3.8) is 0 Å². The van der Waals surface area contributed by atoms with Crippen LogP contribution in [-0.2, 0) is 52.3 Å². The van der Waals surface area contributed by atoms with Crippen LogP contribution in [-0.4, -0.2) is 223 Å². The predicted molar refractivity (Wildman–Crippen MR) is 310 cm³/mol. The number of hydroxylamine groups is 1. The van der Waals surface area contributed by atoms with Crippen molar-refractivity contribution < 1.29 is 107 Å². The van der Waals surface area contributed by atoms with Gasteiger partial charge >= 0.3 is 6.09 Å². The molecule has 20 atom stereocenters. The second-order valence-corrected chi connectivity index (χ2v) is 23.9. The van der Waals surface area contributed by atoms with Crippen molar-refractivity contribution in [2.45, 2.75) is 182 Å². The molecule has 0 spiro atoms. The molecule has 4 saturated heterocycles. The fourth-order valence-electron chi connectivity index (χ4n) is 10.7. The van der Waals surface area contributed by atoms with Crippen LogP contribution in [0.4, 0.5) is 4.79 Å². The van der Waals surface area contributed by atoms with E-state index in [0.29, 0.717) is 15.7 Å². The first kappa shape index (κ1) is 67.8. The third-order valence-electron chi connectivity index (χ3n) is 15.0. The Morgan fingerprint density at radius 3 is 2.23 bits per heavy atom. The number of aliphatic hydroxyl groups excluding tert-OH is 5. The van der Waals surface area contributed by atoms with Crippen molar-refractivity contribution in [2.24, 2.45) is 0 Å². The van der Waals surface area contributed by atoms with E-state index in [0.717, 1.165) is 30.6 Å². The first-order valence-electron chi connectivity index (χ1n) is 27.2. The van der Waals surface area contributed by atoms with Gasteiger partial charge in [0.05, 0.1) is 96.7 Å². The van der Waals surface area contributed by atoms with Gasteiger partial charge in [0.2, 0.25) is 17.2 Å². The molecule has 2 aliphatic carbocycles. The maximum atomic E-state index is 14.4. The number of carbonyl (C=O) groups excluding carboxylic acids is 3. The molecule has 3 unspecified atom stereocenters. The van der Waals surface area contributed by atoms with Gasteiger partial charge in [-0.25, -0.2) is 4.79 Å². The maximum absolute atomic E-state index is 14.4. The lowest BCUT2D eigenvalue weighted by molar-refractivity contribution is -0.336. The Morgan fingerprint density at radius 1 is 0.857 bits per heavy atom. The molecule has 7 rings (SSSR count).